The van der Waals surface area contributed by atoms with Crippen LogP contribution in [0, 0.1) is 10.1 Å². The van der Waals surface area contributed by atoms with E-state index in [9.17, 15) is 14.9 Å². The number of carbonyl (C=O) groups excluding carboxylic acids is 1. The zero-order valence-electron chi connectivity index (χ0n) is 11.9. The molecule has 3 N–H and O–H groups in total. The zero-order valence-corrected chi connectivity index (χ0v) is 11.9. The molecule has 7 heteroatoms. The number of benzene rings is 1. The lowest BCUT2D eigenvalue weighted by molar-refractivity contribution is -0.384. The number of nitrogens with two attached hydrogens (primary N) is 1. The van der Waals surface area contributed by atoms with Crippen molar-refractivity contribution in [3.63, 3.8) is 0 Å². The van der Waals surface area contributed by atoms with Crippen LogP contribution in [0.2, 0.25) is 0 Å². The third-order valence-electron chi connectivity index (χ3n) is 3.63. The fourth-order valence-electron chi connectivity index (χ4n) is 2.55. The molecule has 7 nitrogen and oxygen atoms in total. The number of nitro groups is 1. The maximum absolute atomic E-state index is 12.0. The smallest absolute Gasteiger partial charge is 0.304 e. The Morgan fingerprint density at radius 1 is 1.38 bits per heavy atom. The summed E-state index contributed by atoms with van der Waals surface area (Å²) in [6, 6.07) is 4.38. The largest absolute Gasteiger partial charge is 0.393 e. The summed E-state index contributed by atoms with van der Waals surface area (Å²) in [5.74, 6) is -0.449. The predicted octanol–water partition coefficient (Wildman–Crippen LogP) is 1.39. The van der Waals surface area contributed by atoms with Gasteiger partial charge in [0, 0.05) is 6.54 Å². The van der Waals surface area contributed by atoms with E-state index in [0.717, 1.165) is 26.1 Å². The van der Waals surface area contributed by atoms with Crippen LogP contribution in [0.3, 0.4) is 0 Å². The van der Waals surface area contributed by atoms with Gasteiger partial charge in [0.15, 0.2) is 0 Å². The van der Waals surface area contributed by atoms with Gasteiger partial charge in [-0.3, -0.25) is 14.9 Å². The van der Waals surface area contributed by atoms with Crippen molar-refractivity contribution in [2.24, 2.45) is 0 Å². The van der Waals surface area contributed by atoms with Crippen molar-refractivity contribution in [3.05, 3.63) is 33.9 Å². The second-order valence-electron chi connectivity index (χ2n) is 5.16. The van der Waals surface area contributed by atoms with Crippen molar-refractivity contribution in [1.29, 1.82) is 0 Å². The number of hydrogen-bond donors (Lipinski definition) is 2. The molecule has 0 saturated carbocycles. The molecule has 1 aliphatic heterocycles. The highest BCUT2D eigenvalue weighted by Gasteiger charge is 2.22. The number of nitro benzene ring substituents is 1. The maximum Gasteiger partial charge on any atom is 0.304 e. The van der Waals surface area contributed by atoms with E-state index in [1.807, 2.05) is 0 Å². The lowest BCUT2D eigenvalue weighted by Gasteiger charge is -2.14. The summed E-state index contributed by atoms with van der Waals surface area (Å²) >= 11 is 0. The molecule has 0 spiro atoms. The van der Waals surface area contributed by atoms with E-state index in [1.54, 1.807) is 6.07 Å². The number of rotatable bonds is 6. The fourth-order valence-corrected chi connectivity index (χ4v) is 2.55. The highest BCUT2D eigenvalue weighted by molar-refractivity contribution is 6.00. The van der Waals surface area contributed by atoms with E-state index >= 15 is 0 Å². The number of hydrogen-bond acceptors (Lipinski definition) is 5. The molecule has 114 valence electrons. The number of carbonyl (C=O) groups is 1. The number of likely N-dealkylation sites (tertiary alicyclic amines) is 1. The first-order chi connectivity index (χ1) is 10.1. The van der Waals surface area contributed by atoms with E-state index in [-0.39, 0.29) is 16.9 Å². The molecule has 0 unspecified atom stereocenters. The first kappa shape index (κ1) is 15.2. The van der Waals surface area contributed by atoms with E-state index < -0.39 is 10.8 Å². The van der Waals surface area contributed by atoms with E-state index in [4.69, 9.17) is 5.73 Å². The summed E-state index contributed by atoms with van der Waals surface area (Å²) in [5, 5.41) is 13.7. The quantitative estimate of drug-likeness (QED) is 0.357. The Labute approximate surface area is 123 Å². The summed E-state index contributed by atoms with van der Waals surface area (Å²) in [6.45, 7) is 3.68. The van der Waals surface area contributed by atoms with Crippen LogP contribution in [0.4, 0.5) is 11.4 Å². The Morgan fingerprint density at radius 3 is 2.76 bits per heavy atom. The Morgan fingerprint density at radius 2 is 2.10 bits per heavy atom. The van der Waals surface area contributed by atoms with Gasteiger partial charge in [-0.25, -0.2) is 0 Å². The number of amides is 1. The van der Waals surface area contributed by atoms with Crippen LogP contribution in [0.15, 0.2) is 18.2 Å². The molecule has 1 aliphatic rings. The van der Waals surface area contributed by atoms with Gasteiger partial charge in [0.1, 0.15) is 11.3 Å². The minimum absolute atomic E-state index is 0.00437. The number of nitrogens with zero attached hydrogens (tertiary/aromatic N) is 2. The average molecular weight is 292 g/mol. The summed E-state index contributed by atoms with van der Waals surface area (Å²) in [6.07, 6.45) is 3.31. The number of nitrogen functional groups attached to an aromatic ring is 1. The minimum Gasteiger partial charge on any atom is -0.393 e. The van der Waals surface area contributed by atoms with Crippen LogP contribution in [0.25, 0.3) is 0 Å². The Hall–Kier alpha value is -2.15. The van der Waals surface area contributed by atoms with Crippen LogP contribution in [-0.2, 0) is 0 Å². The molecule has 0 aliphatic carbocycles. The zero-order chi connectivity index (χ0) is 15.2. The highest BCUT2D eigenvalue weighted by atomic mass is 16.6. The van der Waals surface area contributed by atoms with Crippen LogP contribution >= 0.6 is 0 Å². The van der Waals surface area contributed by atoms with Gasteiger partial charge in [-0.05, 0) is 51.0 Å². The maximum atomic E-state index is 12.0. The van der Waals surface area contributed by atoms with Gasteiger partial charge in [-0.1, -0.05) is 6.07 Å². The molecular weight excluding hydrogens is 272 g/mol. The van der Waals surface area contributed by atoms with Gasteiger partial charge in [0.2, 0.25) is 0 Å². The van der Waals surface area contributed by atoms with Crippen molar-refractivity contribution < 1.29 is 9.72 Å². The van der Waals surface area contributed by atoms with E-state index in [0.29, 0.717) is 6.54 Å². The molecule has 1 aromatic carbocycles. The van der Waals surface area contributed by atoms with Crippen LogP contribution < -0.4 is 11.1 Å². The summed E-state index contributed by atoms with van der Waals surface area (Å²) in [4.78, 5) is 24.8. The molecule has 1 saturated heterocycles. The predicted molar refractivity (Wildman–Crippen MR) is 80.1 cm³/mol. The molecule has 0 bridgehead atoms. The summed E-state index contributed by atoms with van der Waals surface area (Å²) < 4.78 is 0. The highest BCUT2D eigenvalue weighted by Crippen LogP contribution is 2.25. The molecular formula is C14H20N4O3. The van der Waals surface area contributed by atoms with Crippen molar-refractivity contribution in [3.8, 4) is 0 Å². The summed E-state index contributed by atoms with van der Waals surface area (Å²) in [5.41, 5.74) is 5.26. The van der Waals surface area contributed by atoms with Crippen LogP contribution in [0.1, 0.15) is 29.6 Å². The number of para-hydroxylation sites is 1. The van der Waals surface area contributed by atoms with Crippen molar-refractivity contribution >= 4 is 17.3 Å². The SMILES string of the molecule is Nc1cccc(C(=O)NCCCN2CCCC2)c1[N+](=O)[O-]. The lowest BCUT2D eigenvalue weighted by Crippen LogP contribution is -2.29. The molecule has 1 aromatic rings. The van der Waals surface area contributed by atoms with Crippen LogP contribution in [-0.4, -0.2) is 41.9 Å². The Bertz CT molecular complexity index is 527. The fraction of sp³-hybridized carbons (Fsp3) is 0.500. The monoisotopic (exact) mass is 292 g/mol. The van der Waals surface area contributed by atoms with Gasteiger partial charge in [0.25, 0.3) is 5.91 Å². The van der Waals surface area contributed by atoms with Crippen molar-refractivity contribution in [2.45, 2.75) is 19.3 Å². The van der Waals surface area contributed by atoms with Gasteiger partial charge < -0.3 is 16.0 Å². The number of anilines is 1. The Balaban J connectivity index is 1.88. The van der Waals surface area contributed by atoms with Crippen molar-refractivity contribution in [2.75, 3.05) is 31.9 Å². The molecule has 2 rings (SSSR count). The molecule has 0 aromatic heterocycles. The summed E-state index contributed by atoms with van der Waals surface area (Å²) in [7, 11) is 0. The molecule has 1 fully saturated rings. The second-order valence-corrected chi connectivity index (χ2v) is 5.16. The average Bonchev–Trinajstić information content (AvgIpc) is 2.95. The Kier molecular flexibility index (Phi) is 5.10. The van der Waals surface area contributed by atoms with Gasteiger partial charge in [0.05, 0.1) is 4.92 Å². The topological polar surface area (TPSA) is 102 Å². The molecule has 1 amide bonds. The minimum atomic E-state index is -0.617. The third-order valence-corrected chi connectivity index (χ3v) is 3.63. The molecule has 21 heavy (non-hydrogen) atoms. The van der Waals surface area contributed by atoms with Gasteiger partial charge >= 0.3 is 5.69 Å². The molecule has 0 radical (unpaired) electrons. The van der Waals surface area contributed by atoms with E-state index in [1.165, 1.54) is 25.0 Å². The first-order valence-electron chi connectivity index (χ1n) is 7.13. The standard InChI is InChI=1S/C14H20N4O3/c15-12-6-3-5-11(13(12)18(20)21)14(19)16-7-4-10-17-8-1-2-9-17/h3,5-6H,1-2,4,7-10,15H2,(H,16,19). The molecule has 1 heterocycles. The number of nitrogens with one attached hydrogen (secondary N) is 1. The van der Waals surface area contributed by atoms with E-state index in [2.05, 4.69) is 10.2 Å². The third kappa shape index (κ3) is 3.91. The van der Waals surface area contributed by atoms with Crippen molar-refractivity contribution in [1.82, 2.24) is 10.2 Å². The second kappa shape index (κ2) is 7.03. The normalized spacial score (nSPS) is 15.0. The molecule has 0 atom stereocenters. The van der Waals surface area contributed by atoms with Gasteiger partial charge in [-0.2, -0.15) is 0 Å². The lowest BCUT2D eigenvalue weighted by atomic mass is 10.1. The van der Waals surface area contributed by atoms with Gasteiger partial charge in [-0.15, -0.1) is 0 Å². The first-order valence-corrected chi connectivity index (χ1v) is 7.13. The van der Waals surface area contributed by atoms with Crippen LogP contribution in [0.5, 0.6) is 0 Å².